The van der Waals surface area contributed by atoms with Crippen molar-refractivity contribution >= 4 is 0 Å². The minimum Gasteiger partial charge on any atom is -0.496 e. The van der Waals surface area contributed by atoms with Crippen LogP contribution in [-0.4, -0.2) is 50.0 Å². The summed E-state index contributed by atoms with van der Waals surface area (Å²) in [5.74, 6) is 1.58. The Morgan fingerprint density at radius 2 is 1.42 bits per heavy atom. The van der Waals surface area contributed by atoms with E-state index in [0.717, 1.165) is 47.8 Å². The lowest BCUT2D eigenvalue weighted by atomic mass is 9.69. The first kappa shape index (κ1) is 22.9. The van der Waals surface area contributed by atoms with Crippen molar-refractivity contribution in [2.45, 2.75) is 19.3 Å². The molecule has 0 aliphatic carbocycles. The molecule has 3 aromatic rings. The number of methoxy groups -OCH3 is 1. The largest absolute Gasteiger partial charge is 0.496 e. The molecule has 0 aromatic heterocycles. The number of ether oxygens (including phenoxy) is 2. The van der Waals surface area contributed by atoms with E-state index in [2.05, 4.69) is 30.9 Å². The van der Waals surface area contributed by atoms with Gasteiger partial charge in [0.1, 0.15) is 18.1 Å². The van der Waals surface area contributed by atoms with E-state index in [0.29, 0.717) is 6.61 Å². The quantitative estimate of drug-likeness (QED) is 0.456. The Morgan fingerprint density at radius 1 is 0.806 bits per heavy atom. The van der Waals surface area contributed by atoms with Crippen molar-refractivity contribution in [2.24, 2.45) is 0 Å². The molecule has 3 aromatic carbocycles. The van der Waals surface area contributed by atoms with Crippen LogP contribution in [0.1, 0.15) is 30.5 Å². The van der Waals surface area contributed by atoms with Gasteiger partial charge < -0.3 is 19.5 Å². The predicted molar refractivity (Wildman–Crippen MR) is 126 cm³/mol. The highest BCUT2D eigenvalue weighted by atomic mass is 16.5. The molecular formula is C27H33NO3. The van der Waals surface area contributed by atoms with Gasteiger partial charge >= 0.3 is 0 Å². The monoisotopic (exact) mass is 419 g/mol. The van der Waals surface area contributed by atoms with Crippen LogP contribution in [0.4, 0.5) is 0 Å². The highest BCUT2D eigenvalue weighted by Crippen LogP contribution is 2.43. The van der Waals surface area contributed by atoms with E-state index in [9.17, 15) is 5.11 Å². The topological polar surface area (TPSA) is 41.9 Å². The van der Waals surface area contributed by atoms with Crippen LogP contribution >= 0.6 is 0 Å². The molecule has 0 saturated carbocycles. The summed E-state index contributed by atoms with van der Waals surface area (Å²) in [6, 6.07) is 26.0. The third kappa shape index (κ3) is 4.92. The van der Waals surface area contributed by atoms with Crippen LogP contribution in [0, 0.1) is 0 Å². The van der Waals surface area contributed by atoms with Gasteiger partial charge in [-0.3, -0.25) is 0 Å². The maximum atomic E-state index is 10.8. The summed E-state index contributed by atoms with van der Waals surface area (Å²) in [5.41, 5.74) is 2.19. The highest BCUT2D eigenvalue weighted by Gasteiger charge is 2.38. The summed E-state index contributed by atoms with van der Waals surface area (Å²) in [5, 5.41) is 10.8. The van der Waals surface area contributed by atoms with E-state index in [1.54, 1.807) is 7.11 Å². The second-order valence-corrected chi connectivity index (χ2v) is 7.53. The van der Waals surface area contributed by atoms with Gasteiger partial charge in [0.25, 0.3) is 0 Å². The fourth-order valence-electron chi connectivity index (χ4n) is 4.13. The number of hydrogen-bond acceptors (Lipinski definition) is 4. The Bertz CT molecular complexity index is 923. The van der Waals surface area contributed by atoms with Gasteiger partial charge in [-0.2, -0.15) is 0 Å². The van der Waals surface area contributed by atoms with Gasteiger partial charge in [-0.15, -0.1) is 0 Å². The Kier molecular flexibility index (Phi) is 8.10. The second kappa shape index (κ2) is 11.0. The first-order valence-corrected chi connectivity index (χ1v) is 10.9. The van der Waals surface area contributed by atoms with E-state index in [1.807, 2.05) is 66.7 Å². The molecule has 0 saturated heterocycles. The van der Waals surface area contributed by atoms with Gasteiger partial charge in [0, 0.05) is 12.1 Å². The number of likely N-dealkylation sites (N-methyl/N-ethyl adjacent to an activating group) is 1. The van der Waals surface area contributed by atoms with E-state index < -0.39 is 5.41 Å². The first-order chi connectivity index (χ1) is 15.2. The zero-order valence-electron chi connectivity index (χ0n) is 18.8. The van der Waals surface area contributed by atoms with Crippen LogP contribution in [0.15, 0.2) is 78.9 Å². The number of aliphatic hydroxyl groups excluding tert-OH is 1. The lowest BCUT2D eigenvalue weighted by Crippen LogP contribution is -2.34. The molecule has 0 aliphatic heterocycles. The Labute approximate surface area is 186 Å². The zero-order valence-corrected chi connectivity index (χ0v) is 18.8. The van der Waals surface area contributed by atoms with Crippen LogP contribution < -0.4 is 9.47 Å². The number of nitrogens with zero attached hydrogens (tertiary/aromatic N) is 1. The molecule has 0 fully saturated rings. The molecule has 0 aliphatic rings. The molecule has 1 unspecified atom stereocenters. The number of para-hydroxylation sites is 1. The molecule has 31 heavy (non-hydrogen) atoms. The molecule has 0 heterocycles. The third-order valence-electron chi connectivity index (χ3n) is 5.99. The summed E-state index contributed by atoms with van der Waals surface area (Å²) in [6.45, 7) is 7.83. The summed E-state index contributed by atoms with van der Waals surface area (Å²) in [4.78, 5) is 2.34. The van der Waals surface area contributed by atoms with Gasteiger partial charge in [0.15, 0.2) is 0 Å². The molecule has 0 radical (unpaired) electrons. The average Bonchev–Trinajstić information content (AvgIpc) is 2.84. The lowest BCUT2D eigenvalue weighted by molar-refractivity contribution is 0.222. The minimum absolute atomic E-state index is 0.0838. The molecular weight excluding hydrogens is 386 g/mol. The van der Waals surface area contributed by atoms with Gasteiger partial charge in [-0.05, 0) is 42.4 Å². The average molecular weight is 420 g/mol. The van der Waals surface area contributed by atoms with Gasteiger partial charge in [-0.1, -0.05) is 74.5 Å². The molecule has 164 valence electrons. The summed E-state index contributed by atoms with van der Waals surface area (Å²) >= 11 is 0. The Morgan fingerprint density at radius 3 is 2.03 bits per heavy atom. The van der Waals surface area contributed by atoms with E-state index >= 15 is 0 Å². The highest BCUT2D eigenvalue weighted by molar-refractivity contribution is 5.56. The predicted octanol–water partition coefficient (Wildman–Crippen LogP) is 4.74. The van der Waals surface area contributed by atoms with Crippen molar-refractivity contribution in [1.82, 2.24) is 4.90 Å². The van der Waals surface area contributed by atoms with Crippen LogP contribution in [0.25, 0.3) is 0 Å². The number of hydrogen-bond donors (Lipinski definition) is 1. The SMILES string of the molecule is CCN(CC)CCOc1ccc(C(CO)(c2ccccc2)c2ccccc2OC)cc1. The number of rotatable bonds is 11. The number of benzene rings is 3. The van der Waals surface area contributed by atoms with Crippen molar-refractivity contribution in [3.05, 3.63) is 95.6 Å². The lowest BCUT2D eigenvalue weighted by Gasteiger charge is -2.35. The fourth-order valence-corrected chi connectivity index (χ4v) is 4.13. The summed E-state index contributed by atoms with van der Waals surface area (Å²) in [6.07, 6.45) is 0. The fraction of sp³-hybridized carbons (Fsp3) is 0.333. The van der Waals surface area contributed by atoms with Gasteiger partial charge in [0.2, 0.25) is 0 Å². The third-order valence-corrected chi connectivity index (χ3v) is 5.99. The van der Waals surface area contributed by atoms with E-state index in [1.165, 1.54) is 0 Å². The normalized spacial score (nSPS) is 13.1. The number of aliphatic hydroxyl groups is 1. The molecule has 4 heteroatoms. The zero-order chi connectivity index (χ0) is 22.1. The van der Waals surface area contributed by atoms with Gasteiger partial charge in [0.05, 0.1) is 19.1 Å². The second-order valence-electron chi connectivity index (χ2n) is 7.53. The first-order valence-electron chi connectivity index (χ1n) is 10.9. The van der Waals surface area contributed by atoms with Crippen molar-refractivity contribution in [3.63, 3.8) is 0 Å². The maximum absolute atomic E-state index is 10.8. The summed E-state index contributed by atoms with van der Waals surface area (Å²) < 4.78 is 11.6. The van der Waals surface area contributed by atoms with Crippen molar-refractivity contribution in [2.75, 3.05) is 40.0 Å². The molecule has 0 bridgehead atoms. The van der Waals surface area contributed by atoms with Crippen molar-refractivity contribution < 1.29 is 14.6 Å². The Hall–Kier alpha value is -2.82. The molecule has 0 spiro atoms. The van der Waals surface area contributed by atoms with Crippen LogP contribution in [0.2, 0.25) is 0 Å². The van der Waals surface area contributed by atoms with E-state index in [4.69, 9.17) is 9.47 Å². The smallest absolute Gasteiger partial charge is 0.123 e. The van der Waals surface area contributed by atoms with E-state index in [-0.39, 0.29) is 6.61 Å². The maximum Gasteiger partial charge on any atom is 0.123 e. The van der Waals surface area contributed by atoms with Crippen molar-refractivity contribution in [1.29, 1.82) is 0 Å². The molecule has 4 nitrogen and oxygen atoms in total. The van der Waals surface area contributed by atoms with Crippen LogP contribution in [0.5, 0.6) is 11.5 Å². The molecule has 1 N–H and O–H groups in total. The minimum atomic E-state index is -0.742. The van der Waals surface area contributed by atoms with Gasteiger partial charge in [-0.25, -0.2) is 0 Å². The Balaban J connectivity index is 1.97. The summed E-state index contributed by atoms with van der Waals surface area (Å²) in [7, 11) is 1.67. The molecule has 1 atom stereocenters. The van der Waals surface area contributed by atoms with Crippen LogP contribution in [-0.2, 0) is 5.41 Å². The standard InChI is InChI=1S/C27H33NO3/c1-4-28(5-2)19-20-31-24-17-15-23(16-18-24)27(21-29,22-11-7-6-8-12-22)25-13-9-10-14-26(25)30-3/h6-18,29H,4-5,19-21H2,1-3H3. The van der Waals surface area contributed by atoms with Crippen molar-refractivity contribution in [3.8, 4) is 11.5 Å². The molecule has 0 amide bonds. The molecule has 3 rings (SSSR count). The van der Waals surface area contributed by atoms with Crippen LogP contribution in [0.3, 0.4) is 0 Å².